The number of halogens is 1. The highest BCUT2D eigenvalue weighted by molar-refractivity contribution is 5.88. The van der Waals surface area contributed by atoms with E-state index < -0.39 is 0 Å². The van der Waals surface area contributed by atoms with Crippen molar-refractivity contribution in [3.63, 3.8) is 0 Å². The quantitative estimate of drug-likeness (QED) is 0.933. The number of likely N-dealkylation sites (N-methyl/N-ethyl adjacent to an activating group) is 1. The molecule has 1 unspecified atom stereocenters. The fourth-order valence-corrected chi connectivity index (χ4v) is 2.84. The first-order valence-electron chi connectivity index (χ1n) is 7.69. The Bertz CT molecular complexity index is 639. The van der Waals surface area contributed by atoms with Gasteiger partial charge in [-0.1, -0.05) is 0 Å². The van der Waals surface area contributed by atoms with Gasteiger partial charge in [0.25, 0.3) is 0 Å². The first-order valence-corrected chi connectivity index (χ1v) is 7.69. The molecule has 6 heteroatoms. The Morgan fingerprint density at radius 2 is 2.00 bits per heavy atom. The smallest absolute Gasteiger partial charge is 0.137 e. The summed E-state index contributed by atoms with van der Waals surface area (Å²) in [4.78, 5) is 13.2. The van der Waals surface area contributed by atoms with Gasteiger partial charge >= 0.3 is 0 Å². The Morgan fingerprint density at radius 1 is 1.23 bits per heavy atom. The summed E-state index contributed by atoms with van der Waals surface area (Å²) in [5.74, 6) is 0.434. The minimum atomic E-state index is -0.267. The fraction of sp³-hybridized carbons (Fsp3) is 0.500. The van der Waals surface area contributed by atoms with Crippen molar-refractivity contribution in [2.75, 3.05) is 45.1 Å². The molecule has 1 N–H and O–H groups in total. The Hall–Kier alpha value is -1.79. The summed E-state index contributed by atoms with van der Waals surface area (Å²) in [6.45, 7) is 7.46. The van der Waals surface area contributed by atoms with E-state index in [4.69, 9.17) is 0 Å². The zero-order valence-corrected chi connectivity index (χ0v) is 13.1. The number of fused-ring (bicyclic) bond motifs is 1. The molecule has 5 nitrogen and oxygen atoms in total. The number of rotatable bonds is 4. The molecule has 1 aliphatic rings. The second-order valence-electron chi connectivity index (χ2n) is 6.03. The number of piperazine rings is 1. The molecular formula is C16H22FN5. The van der Waals surface area contributed by atoms with Gasteiger partial charge in [-0.3, -0.25) is 4.90 Å². The number of hydrogen-bond donors (Lipinski definition) is 1. The lowest BCUT2D eigenvalue weighted by molar-refractivity contribution is 0.151. The third-order valence-electron chi connectivity index (χ3n) is 4.11. The Balaban J connectivity index is 1.68. The molecule has 1 saturated heterocycles. The van der Waals surface area contributed by atoms with Gasteiger partial charge in [-0.05, 0) is 32.2 Å². The molecule has 118 valence electrons. The van der Waals surface area contributed by atoms with Crippen molar-refractivity contribution >= 4 is 16.7 Å². The number of aromatic nitrogens is 2. The maximum atomic E-state index is 13.5. The van der Waals surface area contributed by atoms with Crippen molar-refractivity contribution in [2.24, 2.45) is 0 Å². The summed E-state index contributed by atoms with van der Waals surface area (Å²) in [5.41, 5.74) is 0.755. The predicted octanol–water partition coefficient (Wildman–Crippen LogP) is 1.82. The number of nitrogens with zero attached hydrogens (tertiary/aromatic N) is 4. The van der Waals surface area contributed by atoms with Crippen LogP contribution < -0.4 is 5.32 Å². The molecule has 1 aromatic heterocycles. The number of hydrogen-bond acceptors (Lipinski definition) is 5. The Morgan fingerprint density at radius 3 is 2.77 bits per heavy atom. The zero-order chi connectivity index (χ0) is 15.5. The molecule has 1 atom stereocenters. The van der Waals surface area contributed by atoms with Crippen molar-refractivity contribution in [3.05, 3.63) is 30.3 Å². The van der Waals surface area contributed by atoms with E-state index in [0.29, 0.717) is 5.82 Å². The zero-order valence-electron chi connectivity index (χ0n) is 13.1. The van der Waals surface area contributed by atoms with Crippen molar-refractivity contribution in [1.29, 1.82) is 0 Å². The number of benzene rings is 1. The second-order valence-corrected chi connectivity index (χ2v) is 6.03. The summed E-state index contributed by atoms with van der Waals surface area (Å²) in [6.07, 6.45) is 1.52. The largest absolute Gasteiger partial charge is 0.366 e. The van der Waals surface area contributed by atoms with Crippen molar-refractivity contribution in [1.82, 2.24) is 19.8 Å². The van der Waals surface area contributed by atoms with E-state index in [1.165, 1.54) is 18.5 Å². The molecule has 0 amide bonds. The highest BCUT2D eigenvalue weighted by Crippen LogP contribution is 2.20. The van der Waals surface area contributed by atoms with Gasteiger partial charge in [-0.25, -0.2) is 14.4 Å². The molecule has 22 heavy (non-hydrogen) atoms. The second kappa shape index (κ2) is 6.54. The van der Waals surface area contributed by atoms with Crippen molar-refractivity contribution in [2.45, 2.75) is 13.0 Å². The van der Waals surface area contributed by atoms with Crippen LogP contribution in [-0.4, -0.2) is 65.6 Å². The summed E-state index contributed by atoms with van der Waals surface area (Å²) < 4.78 is 13.5. The molecule has 1 aliphatic heterocycles. The average Bonchev–Trinajstić information content (AvgIpc) is 2.50. The Kier molecular flexibility index (Phi) is 4.49. The van der Waals surface area contributed by atoms with Crippen molar-refractivity contribution in [3.8, 4) is 0 Å². The van der Waals surface area contributed by atoms with Gasteiger partial charge in [0.15, 0.2) is 0 Å². The van der Waals surface area contributed by atoms with Crippen LogP contribution in [0, 0.1) is 5.82 Å². The van der Waals surface area contributed by atoms with Gasteiger partial charge in [0.05, 0.1) is 5.52 Å². The van der Waals surface area contributed by atoms with Crippen LogP contribution in [0.15, 0.2) is 24.5 Å². The molecule has 0 bridgehead atoms. The first kappa shape index (κ1) is 15.1. The van der Waals surface area contributed by atoms with Gasteiger partial charge in [-0.2, -0.15) is 0 Å². The lowest BCUT2D eigenvalue weighted by atomic mass is 10.2. The van der Waals surface area contributed by atoms with Gasteiger partial charge in [-0.15, -0.1) is 0 Å². The molecule has 0 saturated carbocycles. The van der Waals surface area contributed by atoms with Crippen molar-refractivity contribution < 1.29 is 4.39 Å². The third-order valence-corrected chi connectivity index (χ3v) is 4.11. The fourth-order valence-electron chi connectivity index (χ4n) is 2.84. The van der Waals surface area contributed by atoms with Crippen LogP contribution in [0.25, 0.3) is 10.9 Å². The van der Waals surface area contributed by atoms with Crippen LogP contribution in [0.3, 0.4) is 0 Å². The average molecular weight is 303 g/mol. The highest BCUT2D eigenvalue weighted by Gasteiger charge is 2.16. The molecule has 0 aliphatic carbocycles. The van der Waals surface area contributed by atoms with E-state index in [9.17, 15) is 4.39 Å². The molecule has 0 radical (unpaired) electrons. The van der Waals surface area contributed by atoms with Crippen LogP contribution in [-0.2, 0) is 0 Å². The molecule has 2 heterocycles. The normalized spacial score (nSPS) is 18.5. The van der Waals surface area contributed by atoms with Gasteiger partial charge in [0, 0.05) is 44.2 Å². The van der Waals surface area contributed by atoms with E-state index in [-0.39, 0.29) is 11.9 Å². The SMILES string of the molecule is CC(CN1CCN(C)CC1)Nc1ncnc2ccc(F)cc12. The molecule has 1 aromatic carbocycles. The first-order chi connectivity index (χ1) is 10.6. The summed E-state index contributed by atoms with van der Waals surface area (Å²) in [7, 11) is 2.15. The van der Waals surface area contributed by atoms with Crippen LogP contribution in [0.5, 0.6) is 0 Å². The predicted molar refractivity (Wildman–Crippen MR) is 86.5 cm³/mol. The van der Waals surface area contributed by atoms with E-state index in [0.717, 1.165) is 43.6 Å². The van der Waals surface area contributed by atoms with E-state index in [1.54, 1.807) is 6.07 Å². The maximum Gasteiger partial charge on any atom is 0.137 e. The molecule has 1 fully saturated rings. The summed E-state index contributed by atoms with van der Waals surface area (Å²) >= 11 is 0. The summed E-state index contributed by atoms with van der Waals surface area (Å²) in [6, 6.07) is 4.83. The maximum absolute atomic E-state index is 13.5. The van der Waals surface area contributed by atoms with Gasteiger partial charge in [0.1, 0.15) is 18.0 Å². The van der Waals surface area contributed by atoms with E-state index >= 15 is 0 Å². The van der Waals surface area contributed by atoms with Crippen LogP contribution in [0.4, 0.5) is 10.2 Å². The highest BCUT2D eigenvalue weighted by atomic mass is 19.1. The minimum Gasteiger partial charge on any atom is -0.366 e. The molecular weight excluding hydrogens is 281 g/mol. The van der Waals surface area contributed by atoms with Crippen LogP contribution in [0.1, 0.15) is 6.92 Å². The van der Waals surface area contributed by atoms with Gasteiger partial charge in [0.2, 0.25) is 0 Å². The minimum absolute atomic E-state index is 0.241. The number of anilines is 1. The van der Waals surface area contributed by atoms with Crippen LogP contribution >= 0.6 is 0 Å². The van der Waals surface area contributed by atoms with Gasteiger partial charge < -0.3 is 10.2 Å². The lowest BCUT2D eigenvalue weighted by Gasteiger charge is -2.34. The lowest BCUT2D eigenvalue weighted by Crippen LogP contribution is -2.47. The van der Waals surface area contributed by atoms with Crippen LogP contribution in [0.2, 0.25) is 0 Å². The molecule has 3 rings (SSSR count). The van der Waals surface area contributed by atoms with E-state index in [1.807, 2.05) is 0 Å². The number of nitrogens with one attached hydrogen (secondary N) is 1. The molecule has 2 aromatic rings. The van der Waals surface area contributed by atoms with E-state index in [2.05, 4.69) is 39.1 Å². The summed E-state index contributed by atoms with van der Waals surface area (Å²) in [5, 5.41) is 4.13. The standard InChI is InChI=1S/C16H22FN5/c1-12(10-22-7-5-21(2)6-8-22)20-16-14-9-13(17)3-4-15(14)18-11-19-16/h3-4,9,11-12H,5-8,10H2,1-2H3,(H,18,19,20). The topological polar surface area (TPSA) is 44.3 Å². The third kappa shape index (κ3) is 3.51. The monoisotopic (exact) mass is 303 g/mol. The molecule has 0 spiro atoms. The Labute approximate surface area is 130 Å².